The molecule has 22 nitrogen and oxygen atoms in total. The van der Waals surface area contributed by atoms with Crippen molar-refractivity contribution in [3.05, 3.63) is 166 Å². The molecule has 0 saturated heterocycles. The van der Waals surface area contributed by atoms with E-state index in [9.17, 15) is 0 Å². The minimum Gasteiger partial charge on any atom is -0.493 e. The van der Waals surface area contributed by atoms with Crippen LogP contribution in [-0.4, -0.2) is 161 Å². The molecular weight excluding hydrogens is 1500 g/mol. The van der Waals surface area contributed by atoms with Crippen LogP contribution in [0.5, 0.6) is 80.5 Å². The highest BCUT2D eigenvalue weighted by molar-refractivity contribution is 7.79. The molecule has 0 unspecified atom stereocenters. The summed E-state index contributed by atoms with van der Waals surface area (Å²) >= 11 is 4.76. The zero-order chi connectivity index (χ0) is 81.9. The summed E-state index contributed by atoms with van der Waals surface area (Å²) in [5.74, 6) is 9.14. The first-order valence-electron chi connectivity index (χ1n) is 41.7. The summed E-state index contributed by atoms with van der Waals surface area (Å²) in [5, 5.41) is 0. The molecule has 642 valence electrons. The normalized spacial score (nSPS) is 11.2. The Hall–Kier alpha value is -8.23. The molecule has 0 radical (unpaired) electrons. The smallest absolute Gasteiger partial charge is 0.123 e. The van der Waals surface area contributed by atoms with E-state index in [0.717, 1.165) is 139 Å². The van der Waals surface area contributed by atoms with Crippen molar-refractivity contribution in [3.63, 3.8) is 0 Å². The van der Waals surface area contributed by atoms with Crippen molar-refractivity contribution in [1.29, 1.82) is 0 Å². The maximum absolute atomic E-state index is 6.75. The van der Waals surface area contributed by atoms with E-state index in [-0.39, 0.29) is 39.6 Å². The van der Waals surface area contributed by atoms with E-state index in [2.05, 4.69) is 27.7 Å². The summed E-state index contributed by atoms with van der Waals surface area (Å²) in [6.45, 7) is 18.8. The molecule has 0 N–H and O–H groups in total. The molecule has 23 heteroatoms. The van der Waals surface area contributed by atoms with E-state index < -0.39 is 0 Å². The fourth-order valence-corrected chi connectivity index (χ4v) is 12.1. The highest BCUT2D eigenvalue weighted by atomic mass is 32.1. The zero-order valence-electron chi connectivity index (χ0n) is 70.5. The van der Waals surface area contributed by atoms with Crippen LogP contribution >= 0.6 is 12.6 Å². The van der Waals surface area contributed by atoms with Gasteiger partial charge in [-0.2, -0.15) is 12.6 Å². The monoisotopic (exact) mass is 1630 g/mol. The third-order valence-electron chi connectivity index (χ3n) is 18.0. The van der Waals surface area contributed by atoms with Crippen LogP contribution in [0, 0.1) is 0 Å². The van der Waals surface area contributed by atoms with Gasteiger partial charge >= 0.3 is 0 Å². The van der Waals surface area contributed by atoms with E-state index in [4.69, 9.17) is 117 Å². The molecule has 0 saturated carbocycles. The Morgan fingerprint density at radius 3 is 0.509 bits per heavy atom. The Labute approximate surface area is 696 Å². The number of benzene rings is 7. The first kappa shape index (κ1) is 94.9. The summed E-state index contributed by atoms with van der Waals surface area (Å²) in [5.41, 5.74) is 5.86. The van der Waals surface area contributed by atoms with Crippen molar-refractivity contribution in [3.8, 4) is 80.5 Å². The van der Waals surface area contributed by atoms with Crippen molar-refractivity contribution >= 4 is 12.6 Å². The molecule has 0 atom stereocenters. The van der Waals surface area contributed by atoms with Crippen LogP contribution in [0.25, 0.3) is 0 Å². The van der Waals surface area contributed by atoms with Crippen molar-refractivity contribution in [2.24, 2.45) is 0 Å². The standard InChI is InChI=1S/C93H132O22S/c1-9-13-17-21-25-102-80-45-73(46-81(59-80)103-26-22-18-14-10-2)66-110-88-53-77(54-89(63-88)111-67-74-47-82(104-27-23-19-15-11-3)60-83(48-74)105-28-24-20-16-12-4)70-114-92-57-79(72-116)58-93(65-92)115-71-78-55-90(112-68-75-49-84(106-41-37-98-33-29-94-5)61-85(50-75)107-42-38-99-34-30-95-6)64-91(56-78)113-69-76-51-86(108-43-39-100-35-31-96-7)62-87(52-76)109-44-40-101-36-32-97-8/h45-65,116H,9-44,66-72H2,1-8H3. The molecule has 0 fully saturated rings. The Kier molecular flexibility index (Phi) is 49.3. The largest absolute Gasteiger partial charge is 0.493 e. The van der Waals surface area contributed by atoms with E-state index in [1.54, 1.807) is 28.4 Å². The first-order chi connectivity index (χ1) is 57.1. The number of hydrogen-bond acceptors (Lipinski definition) is 23. The van der Waals surface area contributed by atoms with Gasteiger partial charge in [-0.25, -0.2) is 0 Å². The topological polar surface area (TPSA) is 203 Å². The molecule has 0 spiro atoms. The van der Waals surface area contributed by atoms with E-state index >= 15 is 0 Å². The van der Waals surface area contributed by atoms with Gasteiger partial charge in [-0.15, -0.1) is 0 Å². The van der Waals surface area contributed by atoms with Gasteiger partial charge in [0.2, 0.25) is 0 Å². The van der Waals surface area contributed by atoms with Crippen LogP contribution in [0.15, 0.2) is 127 Å². The molecule has 0 aliphatic rings. The zero-order valence-corrected chi connectivity index (χ0v) is 71.4. The second-order valence-corrected chi connectivity index (χ2v) is 28.3. The van der Waals surface area contributed by atoms with Gasteiger partial charge in [-0.05, 0) is 150 Å². The lowest BCUT2D eigenvalue weighted by Crippen LogP contribution is -2.11. The third-order valence-corrected chi connectivity index (χ3v) is 18.3. The van der Waals surface area contributed by atoms with E-state index in [1.807, 2.05) is 127 Å². The van der Waals surface area contributed by atoms with Crippen LogP contribution in [0.3, 0.4) is 0 Å². The molecule has 116 heavy (non-hydrogen) atoms. The van der Waals surface area contributed by atoms with E-state index in [1.165, 1.54) is 25.7 Å². The summed E-state index contributed by atoms with van der Waals surface area (Å²) in [7, 11) is 6.55. The second-order valence-electron chi connectivity index (χ2n) is 28.0. The predicted octanol–water partition coefficient (Wildman–Crippen LogP) is 19.6. The minimum absolute atomic E-state index is 0.116. The SMILES string of the molecule is CCCCCCOc1cc(COc2cc(COc3cc(CS)cc(OCc4cc(OCc5cc(OCCOCCOC)cc(OCCOCCOC)c5)cc(OCc5cc(OCCOCCOC)cc(OCCOCCOC)c5)c4)c3)cc(OCc3cc(OCCCCCC)cc(OCCCCCC)c3)c2)cc(OCCCCCC)c1. The fraction of sp³-hybridized carbons (Fsp3) is 0.548. The predicted molar refractivity (Wildman–Crippen MR) is 455 cm³/mol. The molecule has 7 aromatic rings. The lowest BCUT2D eigenvalue weighted by Gasteiger charge is -2.17. The summed E-state index contributed by atoms with van der Waals surface area (Å²) < 4.78 is 134. The van der Waals surface area contributed by atoms with Gasteiger partial charge in [0, 0.05) is 76.7 Å². The Morgan fingerprint density at radius 1 is 0.172 bits per heavy atom. The second kappa shape index (κ2) is 60.3. The van der Waals surface area contributed by atoms with Gasteiger partial charge in [0.1, 0.15) is 147 Å². The lowest BCUT2D eigenvalue weighted by molar-refractivity contribution is 0.0532. The fourth-order valence-electron chi connectivity index (χ4n) is 11.9. The Balaban J connectivity index is 1.17. The molecular formula is C93H132O22S. The molecule has 7 rings (SSSR count). The van der Waals surface area contributed by atoms with Crippen LogP contribution in [-0.2, 0) is 83.3 Å². The lowest BCUT2D eigenvalue weighted by atomic mass is 10.1. The highest BCUT2D eigenvalue weighted by Crippen LogP contribution is 2.35. The van der Waals surface area contributed by atoms with Crippen molar-refractivity contribution in [2.45, 2.75) is 176 Å². The molecule has 0 amide bonds. The van der Waals surface area contributed by atoms with Crippen LogP contribution < -0.4 is 66.3 Å². The number of ether oxygens (including phenoxy) is 22. The molecule has 0 heterocycles. The highest BCUT2D eigenvalue weighted by Gasteiger charge is 2.16. The van der Waals surface area contributed by atoms with Gasteiger partial charge in [0.05, 0.1) is 106 Å². The van der Waals surface area contributed by atoms with E-state index in [0.29, 0.717) is 195 Å². The molecule has 0 aromatic heterocycles. The quantitative estimate of drug-likeness (QED) is 0.0278. The molecule has 0 bridgehead atoms. The summed E-state index contributed by atoms with van der Waals surface area (Å²) in [4.78, 5) is 0. The summed E-state index contributed by atoms with van der Waals surface area (Å²) in [6, 6.07) is 40.9. The van der Waals surface area contributed by atoms with Gasteiger partial charge in [0.25, 0.3) is 0 Å². The number of unbranched alkanes of at least 4 members (excludes halogenated alkanes) is 12. The van der Waals surface area contributed by atoms with Gasteiger partial charge in [-0.1, -0.05) is 105 Å². The van der Waals surface area contributed by atoms with Crippen LogP contribution in [0.1, 0.15) is 169 Å². The number of hydrogen-bond donors (Lipinski definition) is 1. The molecule has 0 aliphatic heterocycles. The van der Waals surface area contributed by atoms with Gasteiger partial charge < -0.3 is 104 Å². The number of methoxy groups -OCH3 is 4. The minimum atomic E-state index is 0.116. The van der Waals surface area contributed by atoms with Crippen LogP contribution in [0.4, 0.5) is 0 Å². The van der Waals surface area contributed by atoms with Crippen molar-refractivity contribution in [1.82, 2.24) is 0 Å². The third kappa shape index (κ3) is 41.2. The number of rotatable bonds is 71. The van der Waals surface area contributed by atoms with Crippen molar-refractivity contribution in [2.75, 3.05) is 161 Å². The first-order valence-corrected chi connectivity index (χ1v) is 42.4. The molecule has 0 aliphatic carbocycles. The molecule has 7 aromatic carbocycles. The van der Waals surface area contributed by atoms with Crippen molar-refractivity contribution < 1.29 is 104 Å². The van der Waals surface area contributed by atoms with Crippen LogP contribution in [0.2, 0.25) is 0 Å². The number of thiol groups is 1. The van der Waals surface area contributed by atoms with Gasteiger partial charge in [0.15, 0.2) is 0 Å². The summed E-state index contributed by atoms with van der Waals surface area (Å²) in [6.07, 6.45) is 17.7. The Bertz CT molecular complexity index is 3370. The average Bonchev–Trinajstić information content (AvgIpc) is 0.797. The average molecular weight is 1630 g/mol. The van der Waals surface area contributed by atoms with Gasteiger partial charge in [-0.3, -0.25) is 0 Å². The maximum Gasteiger partial charge on any atom is 0.123 e. The maximum atomic E-state index is 6.75. The Morgan fingerprint density at radius 2 is 0.336 bits per heavy atom.